The Hall–Kier alpha value is -1.84. The first kappa shape index (κ1) is 21.2. The van der Waals surface area contributed by atoms with Crippen LogP contribution in [0.1, 0.15) is 26.2 Å². The van der Waals surface area contributed by atoms with E-state index in [1.807, 2.05) is 0 Å². The molecule has 0 aromatic carbocycles. The molecular formula is C14H26N3O6+. The quantitative estimate of drug-likeness (QED) is 0.337. The molecule has 132 valence electrons. The fourth-order valence-electron chi connectivity index (χ4n) is 2.54. The molecule has 0 saturated heterocycles. The molecule has 9 heteroatoms. The zero-order chi connectivity index (χ0) is 18.6. The number of hydrogen-bond acceptors (Lipinski definition) is 6. The van der Waals surface area contributed by atoms with Crippen LogP contribution in [-0.4, -0.2) is 77.0 Å². The van der Waals surface area contributed by atoms with Gasteiger partial charge >= 0.3 is 5.97 Å². The number of carbonyl (C=O) groups excluding carboxylic acids is 3. The number of ketones is 2. The molecule has 3 atom stereocenters. The lowest BCUT2D eigenvalue weighted by Gasteiger charge is -2.42. The summed E-state index contributed by atoms with van der Waals surface area (Å²) in [6, 6.07) is -2.54. The average Bonchev–Trinajstić information content (AvgIpc) is 2.32. The van der Waals surface area contributed by atoms with Crippen molar-refractivity contribution in [3.05, 3.63) is 0 Å². The molecule has 23 heavy (non-hydrogen) atoms. The number of nitrogens with zero attached hydrogens (tertiary/aromatic N) is 1. The van der Waals surface area contributed by atoms with Crippen LogP contribution in [0.3, 0.4) is 0 Å². The van der Waals surface area contributed by atoms with Gasteiger partial charge in [-0.05, 0) is 13.3 Å². The number of hydrogen-bond donors (Lipinski definition) is 4. The molecule has 0 aliphatic rings. The summed E-state index contributed by atoms with van der Waals surface area (Å²) in [4.78, 5) is 46.4. The molecule has 6 N–H and O–H groups in total. The minimum atomic E-state index is -2.40. The Bertz CT molecular complexity index is 499. The van der Waals surface area contributed by atoms with Gasteiger partial charge in [-0.1, -0.05) is 0 Å². The van der Waals surface area contributed by atoms with E-state index in [0.717, 1.165) is 6.92 Å². The predicted octanol–water partition coefficient (Wildman–Crippen LogP) is -1.98. The SMILES string of the molecule is CC(=O)C(O)(CC(=O)O)C(C(=O)[C@@H](N)CCC(N)=O)[N+](C)(C)C. The summed E-state index contributed by atoms with van der Waals surface area (Å²) < 4.78 is -0.202. The fourth-order valence-corrected chi connectivity index (χ4v) is 2.54. The Labute approximate surface area is 134 Å². The summed E-state index contributed by atoms with van der Waals surface area (Å²) >= 11 is 0. The van der Waals surface area contributed by atoms with E-state index in [2.05, 4.69) is 0 Å². The number of aliphatic hydroxyl groups is 1. The summed E-state index contributed by atoms with van der Waals surface area (Å²) in [6.07, 6.45) is -1.10. The molecule has 9 nitrogen and oxygen atoms in total. The second-order valence-corrected chi connectivity index (χ2v) is 6.58. The molecule has 0 aromatic heterocycles. The lowest BCUT2D eigenvalue weighted by molar-refractivity contribution is -0.892. The summed E-state index contributed by atoms with van der Waals surface area (Å²) in [5, 5.41) is 19.6. The average molecular weight is 332 g/mol. The van der Waals surface area contributed by atoms with E-state index in [9.17, 15) is 24.3 Å². The van der Waals surface area contributed by atoms with Crippen LogP contribution in [0.4, 0.5) is 0 Å². The molecular weight excluding hydrogens is 306 g/mol. The number of rotatable bonds is 10. The number of amides is 1. The third-order valence-corrected chi connectivity index (χ3v) is 3.59. The van der Waals surface area contributed by atoms with Crippen molar-refractivity contribution in [2.45, 2.75) is 43.9 Å². The van der Waals surface area contributed by atoms with Crippen LogP contribution in [0, 0.1) is 0 Å². The minimum Gasteiger partial charge on any atom is -0.481 e. The van der Waals surface area contributed by atoms with E-state index in [4.69, 9.17) is 16.6 Å². The maximum atomic E-state index is 12.6. The molecule has 0 bridgehead atoms. The van der Waals surface area contributed by atoms with Crippen molar-refractivity contribution in [2.24, 2.45) is 11.5 Å². The molecule has 1 amide bonds. The van der Waals surface area contributed by atoms with Crippen LogP contribution < -0.4 is 11.5 Å². The maximum Gasteiger partial charge on any atom is 0.307 e. The number of carboxylic acid groups (broad SMARTS) is 1. The summed E-state index contributed by atoms with van der Waals surface area (Å²) in [7, 11) is 4.62. The van der Waals surface area contributed by atoms with Crippen LogP contribution in [0.25, 0.3) is 0 Å². The highest BCUT2D eigenvalue weighted by molar-refractivity contribution is 5.99. The van der Waals surface area contributed by atoms with E-state index in [1.165, 1.54) is 0 Å². The lowest BCUT2D eigenvalue weighted by Crippen LogP contribution is -2.68. The normalized spacial score (nSPS) is 17.0. The van der Waals surface area contributed by atoms with Crippen LogP contribution in [0.2, 0.25) is 0 Å². The van der Waals surface area contributed by atoms with Crippen molar-refractivity contribution < 1.29 is 33.9 Å². The molecule has 2 unspecified atom stereocenters. The number of quaternary nitrogens is 1. The Morgan fingerprint density at radius 3 is 1.96 bits per heavy atom. The summed E-state index contributed by atoms with van der Waals surface area (Å²) in [5.41, 5.74) is 8.37. The van der Waals surface area contributed by atoms with E-state index in [0.29, 0.717) is 0 Å². The summed E-state index contributed by atoms with van der Waals surface area (Å²) in [5.74, 6) is -3.59. The largest absolute Gasteiger partial charge is 0.481 e. The highest BCUT2D eigenvalue weighted by Gasteiger charge is 2.55. The third kappa shape index (κ3) is 5.70. The number of likely N-dealkylation sites (N-methyl/N-ethyl adjacent to an activating group) is 1. The van der Waals surface area contributed by atoms with Gasteiger partial charge in [0.1, 0.15) is 0 Å². The van der Waals surface area contributed by atoms with Crippen LogP contribution >= 0.6 is 0 Å². The molecule has 0 spiro atoms. The molecule has 0 aliphatic heterocycles. The van der Waals surface area contributed by atoms with Gasteiger partial charge in [0, 0.05) is 6.42 Å². The van der Waals surface area contributed by atoms with Gasteiger partial charge in [-0.15, -0.1) is 0 Å². The van der Waals surface area contributed by atoms with Crippen LogP contribution in [0.5, 0.6) is 0 Å². The first-order valence-corrected chi connectivity index (χ1v) is 7.07. The van der Waals surface area contributed by atoms with Gasteiger partial charge in [-0.25, -0.2) is 0 Å². The fraction of sp³-hybridized carbons (Fsp3) is 0.714. The van der Waals surface area contributed by atoms with Crippen molar-refractivity contribution in [1.29, 1.82) is 0 Å². The zero-order valence-electron chi connectivity index (χ0n) is 13.9. The Morgan fingerprint density at radius 1 is 1.17 bits per heavy atom. The van der Waals surface area contributed by atoms with E-state index in [1.54, 1.807) is 21.1 Å². The molecule has 0 rings (SSSR count). The number of aliphatic carboxylic acids is 1. The number of Topliss-reactive ketones (excluding diaryl/α,β-unsaturated/α-hetero) is 2. The first-order chi connectivity index (χ1) is 10.2. The van der Waals surface area contributed by atoms with Gasteiger partial charge in [0.2, 0.25) is 11.7 Å². The van der Waals surface area contributed by atoms with E-state index < -0.39 is 47.5 Å². The van der Waals surface area contributed by atoms with E-state index in [-0.39, 0.29) is 17.3 Å². The second kappa shape index (κ2) is 7.62. The first-order valence-electron chi connectivity index (χ1n) is 7.07. The topological polar surface area (TPSA) is 161 Å². The molecule has 0 aromatic rings. The Balaban J connectivity index is 5.75. The lowest BCUT2D eigenvalue weighted by atomic mass is 9.80. The number of carbonyl (C=O) groups is 4. The number of nitrogens with two attached hydrogens (primary N) is 2. The van der Waals surface area contributed by atoms with Gasteiger partial charge in [-0.3, -0.25) is 19.2 Å². The highest BCUT2D eigenvalue weighted by Crippen LogP contribution is 2.26. The van der Waals surface area contributed by atoms with Crippen LogP contribution in [-0.2, 0) is 19.2 Å². The second-order valence-electron chi connectivity index (χ2n) is 6.58. The standard InChI is InChI=1S/C14H25N3O6/c1-8(18)14(23,7-11(20)21)13(17(2,3)4)12(22)9(15)5-6-10(16)19/h9,13,23H,5-7,15H2,1-4H3,(H2-,16,19,20,21)/p+1/t9-,13?,14?/m0/s1. The van der Waals surface area contributed by atoms with Gasteiger partial charge in [0.15, 0.2) is 17.4 Å². The van der Waals surface area contributed by atoms with Crippen molar-refractivity contribution in [1.82, 2.24) is 0 Å². The smallest absolute Gasteiger partial charge is 0.307 e. The number of primary amides is 1. The van der Waals surface area contributed by atoms with Crippen molar-refractivity contribution in [3.63, 3.8) is 0 Å². The molecule has 0 heterocycles. The molecule has 0 radical (unpaired) electrons. The van der Waals surface area contributed by atoms with Crippen molar-refractivity contribution >= 4 is 23.4 Å². The van der Waals surface area contributed by atoms with Crippen LogP contribution in [0.15, 0.2) is 0 Å². The molecule has 0 saturated carbocycles. The van der Waals surface area contributed by atoms with Crippen molar-refractivity contribution in [2.75, 3.05) is 21.1 Å². The van der Waals surface area contributed by atoms with Gasteiger partial charge in [0.05, 0.1) is 33.6 Å². The maximum absolute atomic E-state index is 12.6. The molecule has 0 aliphatic carbocycles. The van der Waals surface area contributed by atoms with E-state index >= 15 is 0 Å². The molecule has 0 fully saturated rings. The number of carboxylic acids is 1. The third-order valence-electron chi connectivity index (χ3n) is 3.59. The zero-order valence-corrected chi connectivity index (χ0v) is 13.9. The monoisotopic (exact) mass is 332 g/mol. The highest BCUT2D eigenvalue weighted by atomic mass is 16.4. The van der Waals surface area contributed by atoms with Crippen molar-refractivity contribution in [3.8, 4) is 0 Å². The minimum absolute atomic E-state index is 0.0499. The predicted molar refractivity (Wildman–Crippen MR) is 81.1 cm³/mol. The van der Waals surface area contributed by atoms with Gasteiger partial charge in [0.25, 0.3) is 0 Å². The Kier molecular flexibility index (Phi) is 7.01. The van der Waals surface area contributed by atoms with Gasteiger partial charge in [-0.2, -0.15) is 0 Å². The summed E-state index contributed by atoms with van der Waals surface area (Å²) in [6.45, 7) is 1.02. The Morgan fingerprint density at radius 2 is 1.65 bits per heavy atom. The van der Waals surface area contributed by atoms with Gasteiger partial charge < -0.3 is 26.2 Å².